The minimum absolute atomic E-state index is 0.00116. The average Bonchev–Trinajstić information content (AvgIpc) is 2.22. The lowest BCUT2D eigenvalue weighted by Crippen LogP contribution is -2.56. The topological polar surface area (TPSA) is 3.24 Å². The third-order valence-electron chi connectivity index (χ3n) is 3.43. The van der Waals surface area contributed by atoms with Gasteiger partial charge in [-0.2, -0.15) is 0 Å². The standard InChI is InChI=1S/C10H17F2N/c11-10(12)7-13-6-8-4-2-1-3-5-9(8)13/h8-10H,1-7H2. The molecule has 2 atom stereocenters. The molecule has 0 radical (unpaired) electrons. The first-order valence-electron chi connectivity index (χ1n) is 5.29. The summed E-state index contributed by atoms with van der Waals surface area (Å²) in [6.07, 6.45) is 4.12. The van der Waals surface area contributed by atoms with Crippen LogP contribution in [-0.4, -0.2) is 30.5 Å². The van der Waals surface area contributed by atoms with Crippen molar-refractivity contribution in [3.05, 3.63) is 0 Å². The lowest BCUT2D eigenvalue weighted by molar-refractivity contribution is -0.0323. The van der Waals surface area contributed by atoms with Crippen LogP contribution < -0.4 is 0 Å². The van der Waals surface area contributed by atoms with Crippen LogP contribution in [0.4, 0.5) is 8.78 Å². The molecule has 13 heavy (non-hydrogen) atoms. The van der Waals surface area contributed by atoms with Crippen molar-refractivity contribution >= 4 is 0 Å². The predicted molar refractivity (Wildman–Crippen MR) is 47.9 cm³/mol. The van der Waals surface area contributed by atoms with E-state index in [-0.39, 0.29) is 6.54 Å². The van der Waals surface area contributed by atoms with Gasteiger partial charge < -0.3 is 0 Å². The van der Waals surface area contributed by atoms with Crippen molar-refractivity contribution in [2.75, 3.05) is 13.1 Å². The van der Waals surface area contributed by atoms with Gasteiger partial charge in [-0.3, -0.25) is 4.90 Å². The zero-order valence-corrected chi connectivity index (χ0v) is 7.88. The van der Waals surface area contributed by atoms with E-state index in [1.54, 1.807) is 0 Å². The predicted octanol–water partition coefficient (Wildman–Crippen LogP) is 2.52. The van der Waals surface area contributed by atoms with Crippen molar-refractivity contribution < 1.29 is 8.78 Å². The second-order valence-electron chi connectivity index (χ2n) is 4.31. The molecular formula is C10H17F2N. The SMILES string of the molecule is FC(F)CN1CC2CCCCCC21. The minimum Gasteiger partial charge on any atom is -0.294 e. The molecule has 1 heterocycles. The number of halogens is 2. The van der Waals surface area contributed by atoms with E-state index >= 15 is 0 Å². The van der Waals surface area contributed by atoms with E-state index in [0.29, 0.717) is 6.04 Å². The maximum atomic E-state index is 12.1. The van der Waals surface area contributed by atoms with Crippen LogP contribution in [0.15, 0.2) is 0 Å². The third kappa shape index (κ3) is 2.01. The van der Waals surface area contributed by atoms with Crippen molar-refractivity contribution in [2.24, 2.45) is 5.92 Å². The van der Waals surface area contributed by atoms with Gasteiger partial charge in [-0.1, -0.05) is 19.3 Å². The fraction of sp³-hybridized carbons (Fsp3) is 1.00. The molecule has 1 saturated heterocycles. The largest absolute Gasteiger partial charge is 0.294 e. The molecule has 0 aromatic carbocycles. The monoisotopic (exact) mass is 189 g/mol. The smallest absolute Gasteiger partial charge is 0.251 e. The fourth-order valence-corrected chi connectivity index (χ4v) is 2.74. The molecule has 0 aromatic rings. The van der Waals surface area contributed by atoms with Crippen molar-refractivity contribution in [2.45, 2.75) is 44.6 Å². The number of nitrogens with zero attached hydrogens (tertiary/aromatic N) is 1. The van der Waals surface area contributed by atoms with Crippen LogP contribution in [0.2, 0.25) is 0 Å². The van der Waals surface area contributed by atoms with Gasteiger partial charge in [0.2, 0.25) is 0 Å². The van der Waals surface area contributed by atoms with Crippen LogP contribution in [0.3, 0.4) is 0 Å². The third-order valence-corrected chi connectivity index (χ3v) is 3.43. The van der Waals surface area contributed by atoms with Crippen LogP contribution in [0.25, 0.3) is 0 Å². The maximum absolute atomic E-state index is 12.1. The lowest BCUT2D eigenvalue weighted by Gasteiger charge is -2.47. The normalized spacial score (nSPS) is 35.3. The number of hydrogen-bond donors (Lipinski definition) is 0. The van der Waals surface area contributed by atoms with E-state index in [9.17, 15) is 8.78 Å². The summed E-state index contributed by atoms with van der Waals surface area (Å²) >= 11 is 0. The first-order chi connectivity index (χ1) is 6.27. The Morgan fingerprint density at radius 3 is 2.69 bits per heavy atom. The Labute approximate surface area is 78.1 Å². The summed E-state index contributed by atoms with van der Waals surface area (Å²) < 4.78 is 24.2. The summed E-state index contributed by atoms with van der Waals surface area (Å²) in [6.45, 7) is 0.927. The van der Waals surface area contributed by atoms with Crippen LogP contribution in [0, 0.1) is 5.92 Å². The molecule has 2 unspecified atom stereocenters. The van der Waals surface area contributed by atoms with Gasteiger partial charge >= 0.3 is 0 Å². The van der Waals surface area contributed by atoms with Gasteiger partial charge in [0.25, 0.3) is 6.43 Å². The van der Waals surface area contributed by atoms with Gasteiger partial charge in [-0.05, 0) is 18.8 Å². The molecule has 0 N–H and O–H groups in total. The molecule has 1 aliphatic heterocycles. The minimum atomic E-state index is -2.15. The van der Waals surface area contributed by atoms with Gasteiger partial charge in [0, 0.05) is 12.6 Å². The van der Waals surface area contributed by atoms with E-state index in [2.05, 4.69) is 0 Å². The molecule has 1 saturated carbocycles. The van der Waals surface area contributed by atoms with E-state index in [0.717, 1.165) is 18.9 Å². The quantitative estimate of drug-likeness (QED) is 0.645. The summed E-state index contributed by atoms with van der Waals surface area (Å²) in [5.74, 6) is 0.737. The summed E-state index contributed by atoms with van der Waals surface area (Å²) in [4.78, 5) is 1.97. The lowest BCUT2D eigenvalue weighted by atomic mass is 9.85. The van der Waals surface area contributed by atoms with E-state index in [1.165, 1.54) is 25.7 Å². The Balaban J connectivity index is 1.83. The second kappa shape index (κ2) is 3.91. The number of hydrogen-bond acceptors (Lipinski definition) is 1. The maximum Gasteiger partial charge on any atom is 0.251 e. The fourth-order valence-electron chi connectivity index (χ4n) is 2.74. The van der Waals surface area contributed by atoms with Gasteiger partial charge in [-0.15, -0.1) is 0 Å². The Morgan fingerprint density at radius 1 is 1.15 bits per heavy atom. The summed E-state index contributed by atoms with van der Waals surface area (Å²) in [5.41, 5.74) is 0. The highest BCUT2D eigenvalue weighted by atomic mass is 19.3. The van der Waals surface area contributed by atoms with Crippen LogP contribution in [0.5, 0.6) is 0 Å². The molecule has 0 aromatic heterocycles. The molecule has 1 aliphatic carbocycles. The van der Waals surface area contributed by atoms with E-state index < -0.39 is 6.43 Å². The average molecular weight is 189 g/mol. The zero-order valence-electron chi connectivity index (χ0n) is 7.88. The summed E-state index contributed by atoms with van der Waals surface area (Å²) in [5, 5.41) is 0. The molecule has 2 fully saturated rings. The van der Waals surface area contributed by atoms with Gasteiger partial charge in [0.1, 0.15) is 0 Å². The number of fused-ring (bicyclic) bond motifs is 1. The Morgan fingerprint density at radius 2 is 1.92 bits per heavy atom. The highest BCUT2D eigenvalue weighted by molar-refractivity contribution is 4.92. The second-order valence-corrected chi connectivity index (χ2v) is 4.31. The van der Waals surface area contributed by atoms with E-state index in [4.69, 9.17) is 0 Å². The Kier molecular flexibility index (Phi) is 2.82. The van der Waals surface area contributed by atoms with Crippen molar-refractivity contribution in [3.8, 4) is 0 Å². The summed E-state index contributed by atoms with van der Waals surface area (Å²) in [6, 6.07) is 0.497. The number of likely N-dealkylation sites (tertiary alicyclic amines) is 1. The molecule has 0 spiro atoms. The molecule has 3 heteroatoms. The molecule has 0 amide bonds. The first kappa shape index (κ1) is 9.38. The molecule has 2 aliphatic rings. The highest BCUT2D eigenvalue weighted by Gasteiger charge is 2.39. The molecule has 76 valence electrons. The highest BCUT2D eigenvalue weighted by Crippen LogP contribution is 2.36. The van der Waals surface area contributed by atoms with E-state index in [1.807, 2.05) is 4.90 Å². The van der Waals surface area contributed by atoms with Crippen molar-refractivity contribution in [1.82, 2.24) is 4.90 Å². The van der Waals surface area contributed by atoms with Gasteiger partial charge in [0.15, 0.2) is 0 Å². The Hall–Kier alpha value is -0.180. The van der Waals surface area contributed by atoms with Gasteiger partial charge in [-0.25, -0.2) is 8.78 Å². The Bertz CT molecular complexity index is 172. The van der Waals surface area contributed by atoms with Crippen molar-refractivity contribution in [3.63, 3.8) is 0 Å². The van der Waals surface area contributed by atoms with Gasteiger partial charge in [0.05, 0.1) is 6.54 Å². The van der Waals surface area contributed by atoms with Crippen LogP contribution in [0.1, 0.15) is 32.1 Å². The first-order valence-corrected chi connectivity index (χ1v) is 5.29. The molecule has 1 nitrogen and oxygen atoms in total. The van der Waals surface area contributed by atoms with Crippen LogP contribution >= 0.6 is 0 Å². The zero-order chi connectivity index (χ0) is 9.26. The number of rotatable bonds is 2. The number of alkyl halides is 2. The van der Waals surface area contributed by atoms with Crippen LogP contribution in [-0.2, 0) is 0 Å². The van der Waals surface area contributed by atoms with Crippen molar-refractivity contribution in [1.29, 1.82) is 0 Å². The molecule has 2 rings (SSSR count). The molecule has 0 bridgehead atoms. The molecular weight excluding hydrogens is 172 g/mol. The summed E-state index contributed by atoms with van der Waals surface area (Å²) in [7, 11) is 0.